The first-order chi connectivity index (χ1) is 16.5. The van der Waals surface area contributed by atoms with E-state index in [0.717, 1.165) is 11.1 Å². The van der Waals surface area contributed by atoms with E-state index in [-0.39, 0.29) is 22.9 Å². The van der Waals surface area contributed by atoms with Crippen molar-refractivity contribution in [3.05, 3.63) is 69.2 Å². The van der Waals surface area contributed by atoms with Crippen LogP contribution in [0.5, 0.6) is 5.75 Å². The normalized spacial score (nSPS) is 17.9. The maximum Gasteiger partial charge on any atom is 0.295 e. The number of aliphatic hydroxyl groups excluding tert-OH is 1. The smallest absolute Gasteiger partial charge is 0.295 e. The van der Waals surface area contributed by atoms with E-state index in [2.05, 4.69) is 36.7 Å². The number of Topliss-reactive ketones (excluding diaryl/α,β-unsaturated/α-hetero) is 1. The third-order valence-electron chi connectivity index (χ3n) is 6.05. The van der Waals surface area contributed by atoms with Crippen LogP contribution < -0.4 is 4.74 Å². The minimum Gasteiger partial charge on any atom is -0.507 e. The Labute approximate surface area is 216 Å². The van der Waals surface area contributed by atoms with Crippen molar-refractivity contribution in [2.75, 3.05) is 20.3 Å². The van der Waals surface area contributed by atoms with Gasteiger partial charge in [0.2, 0.25) is 0 Å². The molecule has 2 aromatic carbocycles. The first-order valence-electron chi connectivity index (χ1n) is 11.8. The van der Waals surface area contributed by atoms with Gasteiger partial charge in [0.25, 0.3) is 11.7 Å². The highest BCUT2D eigenvalue weighted by Crippen LogP contribution is 2.41. The van der Waals surface area contributed by atoms with Crippen LogP contribution in [0.15, 0.2) is 52.5 Å². The zero-order valence-corrected chi connectivity index (χ0v) is 22.8. The predicted octanol–water partition coefficient (Wildman–Crippen LogP) is 5.99. The number of carbonyl (C=O) groups is 2. The summed E-state index contributed by atoms with van der Waals surface area (Å²) in [6.45, 7) is 11.1. The predicted molar refractivity (Wildman–Crippen MR) is 141 cm³/mol. The van der Waals surface area contributed by atoms with Gasteiger partial charge in [-0.2, -0.15) is 0 Å². The van der Waals surface area contributed by atoms with E-state index in [1.165, 1.54) is 0 Å². The molecule has 35 heavy (non-hydrogen) atoms. The molecule has 1 amide bonds. The molecule has 0 bridgehead atoms. The van der Waals surface area contributed by atoms with Crippen molar-refractivity contribution < 1.29 is 24.2 Å². The molecular weight excluding hydrogens is 510 g/mol. The van der Waals surface area contributed by atoms with E-state index in [0.29, 0.717) is 35.4 Å². The molecular formula is C28H34BrNO5. The minimum absolute atomic E-state index is 0.0378. The van der Waals surface area contributed by atoms with Gasteiger partial charge in [-0.05, 0) is 70.9 Å². The average Bonchev–Trinajstić information content (AvgIpc) is 3.05. The highest BCUT2D eigenvalue weighted by Gasteiger charge is 2.45. The molecule has 1 atom stereocenters. The van der Waals surface area contributed by atoms with Crippen molar-refractivity contribution in [3.8, 4) is 5.75 Å². The number of benzene rings is 2. The van der Waals surface area contributed by atoms with Crippen molar-refractivity contribution in [3.63, 3.8) is 0 Å². The van der Waals surface area contributed by atoms with E-state index < -0.39 is 17.7 Å². The lowest BCUT2D eigenvalue weighted by molar-refractivity contribution is -0.140. The third-order valence-corrected chi connectivity index (χ3v) is 6.67. The fraction of sp³-hybridized carbons (Fsp3) is 0.429. The Hall–Kier alpha value is -2.64. The molecule has 7 heteroatoms. The van der Waals surface area contributed by atoms with Crippen molar-refractivity contribution in [2.24, 2.45) is 0 Å². The van der Waals surface area contributed by atoms with Crippen molar-refractivity contribution in [1.29, 1.82) is 0 Å². The van der Waals surface area contributed by atoms with Crippen LogP contribution in [-0.2, 0) is 19.7 Å². The number of rotatable bonds is 8. The standard InChI is InChI=1S/C28H34BrNO5/c1-17(2)35-15-7-14-30-24(18-8-11-20(12-9-18)28(3,4)5)23(26(32)27(30)33)25(31)19-10-13-22(34-6)21(29)16-19/h8-13,16-17,24,31H,7,14-15H2,1-6H3/b25-23-. The lowest BCUT2D eigenvalue weighted by Gasteiger charge is -2.26. The van der Waals surface area contributed by atoms with E-state index in [1.54, 1.807) is 30.2 Å². The fourth-order valence-corrected chi connectivity index (χ4v) is 4.69. The van der Waals surface area contributed by atoms with Crippen LogP contribution in [0.2, 0.25) is 0 Å². The maximum absolute atomic E-state index is 13.2. The summed E-state index contributed by atoms with van der Waals surface area (Å²) in [5.41, 5.74) is 2.39. The summed E-state index contributed by atoms with van der Waals surface area (Å²) in [5.74, 6) is -0.920. The first kappa shape index (κ1) is 27.0. The lowest BCUT2D eigenvalue weighted by atomic mass is 9.85. The minimum atomic E-state index is -0.691. The number of hydrogen-bond donors (Lipinski definition) is 1. The van der Waals surface area contributed by atoms with Crippen LogP contribution in [0.4, 0.5) is 0 Å². The second-order valence-corrected chi connectivity index (χ2v) is 10.8. The van der Waals surface area contributed by atoms with Crippen LogP contribution in [0, 0.1) is 0 Å². The number of hydrogen-bond acceptors (Lipinski definition) is 5. The SMILES string of the molecule is COc1ccc(/C(O)=C2/C(=O)C(=O)N(CCCOC(C)C)C2c2ccc(C(C)(C)C)cc2)cc1Br. The van der Waals surface area contributed by atoms with Gasteiger partial charge in [0.15, 0.2) is 0 Å². The monoisotopic (exact) mass is 543 g/mol. The number of aliphatic hydroxyl groups is 1. The Morgan fingerprint density at radius 1 is 1.11 bits per heavy atom. The van der Waals surface area contributed by atoms with Crippen molar-refractivity contribution in [2.45, 2.75) is 58.6 Å². The molecule has 1 fully saturated rings. The molecule has 3 rings (SSSR count). The number of halogens is 1. The van der Waals surface area contributed by atoms with Crippen LogP contribution in [0.25, 0.3) is 5.76 Å². The molecule has 0 aromatic heterocycles. The van der Waals surface area contributed by atoms with Gasteiger partial charge in [-0.3, -0.25) is 9.59 Å². The van der Waals surface area contributed by atoms with Crippen molar-refractivity contribution >= 4 is 33.4 Å². The first-order valence-corrected chi connectivity index (χ1v) is 12.6. The summed E-state index contributed by atoms with van der Waals surface area (Å²) in [6.07, 6.45) is 0.662. The van der Waals surface area contributed by atoms with E-state index in [9.17, 15) is 14.7 Å². The summed E-state index contributed by atoms with van der Waals surface area (Å²) in [7, 11) is 1.55. The third kappa shape index (κ3) is 5.96. The molecule has 0 aliphatic carbocycles. The lowest BCUT2D eigenvalue weighted by Crippen LogP contribution is -2.31. The number of nitrogens with zero attached hydrogens (tertiary/aromatic N) is 1. The Morgan fingerprint density at radius 3 is 2.31 bits per heavy atom. The largest absolute Gasteiger partial charge is 0.507 e. The fourth-order valence-electron chi connectivity index (χ4n) is 4.15. The van der Waals surface area contributed by atoms with E-state index >= 15 is 0 Å². The number of likely N-dealkylation sites (tertiary alicyclic amines) is 1. The van der Waals surface area contributed by atoms with Gasteiger partial charge in [-0.1, -0.05) is 45.0 Å². The number of ketones is 1. The maximum atomic E-state index is 13.2. The molecule has 1 saturated heterocycles. The number of methoxy groups -OCH3 is 1. The average molecular weight is 544 g/mol. The molecule has 1 heterocycles. The van der Waals surface area contributed by atoms with Crippen LogP contribution >= 0.6 is 15.9 Å². The van der Waals surface area contributed by atoms with Gasteiger partial charge in [0.1, 0.15) is 11.5 Å². The second-order valence-electron chi connectivity index (χ2n) is 9.99. The molecule has 1 unspecified atom stereocenters. The van der Waals surface area contributed by atoms with Gasteiger partial charge in [0, 0.05) is 18.7 Å². The van der Waals surface area contributed by atoms with Crippen LogP contribution in [0.3, 0.4) is 0 Å². The van der Waals surface area contributed by atoms with Gasteiger partial charge in [0.05, 0.1) is 29.3 Å². The van der Waals surface area contributed by atoms with Crippen molar-refractivity contribution in [1.82, 2.24) is 4.90 Å². The zero-order valence-electron chi connectivity index (χ0n) is 21.2. The summed E-state index contributed by atoms with van der Waals surface area (Å²) >= 11 is 3.43. The van der Waals surface area contributed by atoms with E-state index in [1.807, 2.05) is 38.1 Å². The van der Waals surface area contributed by atoms with Gasteiger partial charge in [-0.15, -0.1) is 0 Å². The quantitative estimate of drug-likeness (QED) is 0.191. The molecule has 0 spiro atoms. The molecule has 0 radical (unpaired) electrons. The summed E-state index contributed by atoms with van der Waals surface area (Å²) in [4.78, 5) is 27.9. The highest BCUT2D eigenvalue weighted by atomic mass is 79.9. The highest BCUT2D eigenvalue weighted by molar-refractivity contribution is 9.10. The Kier molecular flexibility index (Phi) is 8.44. The second kappa shape index (κ2) is 11.0. The zero-order chi connectivity index (χ0) is 25.9. The number of amides is 1. The summed E-state index contributed by atoms with van der Waals surface area (Å²) in [5, 5.41) is 11.3. The van der Waals surface area contributed by atoms with Crippen LogP contribution in [0.1, 0.15) is 63.8 Å². The summed E-state index contributed by atoms with van der Waals surface area (Å²) < 4.78 is 11.5. The molecule has 2 aromatic rings. The molecule has 1 aliphatic rings. The molecule has 0 saturated carbocycles. The molecule has 6 nitrogen and oxygen atoms in total. The topological polar surface area (TPSA) is 76.1 Å². The van der Waals surface area contributed by atoms with Gasteiger partial charge in [-0.25, -0.2) is 0 Å². The Balaban J connectivity index is 2.07. The molecule has 188 valence electrons. The molecule has 1 aliphatic heterocycles. The number of carbonyl (C=O) groups excluding carboxylic acids is 2. The molecule has 1 N–H and O–H groups in total. The Morgan fingerprint density at radius 2 is 1.77 bits per heavy atom. The van der Waals surface area contributed by atoms with E-state index in [4.69, 9.17) is 9.47 Å². The van der Waals surface area contributed by atoms with Crippen LogP contribution in [-0.4, -0.2) is 48.1 Å². The van der Waals surface area contributed by atoms with Gasteiger partial charge < -0.3 is 19.5 Å². The Bertz CT molecular complexity index is 1120. The summed E-state index contributed by atoms with van der Waals surface area (Å²) in [6, 6.07) is 12.3. The van der Waals surface area contributed by atoms with Gasteiger partial charge >= 0.3 is 0 Å². The number of ether oxygens (including phenoxy) is 2.